The van der Waals surface area contributed by atoms with Gasteiger partial charge in [0.2, 0.25) is 5.91 Å². The second-order valence-corrected chi connectivity index (χ2v) is 6.56. The molecule has 27 heavy (non-hydrogen) atoms. The number of hydrogen-bond donors (Lipinski definition) is 2. The summed E-state index contributed by atoms with van der Waals surface area (Å²) < 4.78 is 10.5. The molecule has 3 N–H and O–H groups in total. The van der Waals surface area contributed by atoms with Crippen LogP contribution < -0.4 is 20.5 Å². The molecule has 142 valence electrons. The summed E-state index contributed by atoms with van der Waals surface area (Å²) in [5, 5.41) is 2.91. The van der Waals surface area contributed by atoms with E-state index in [0.717, 1.165) is 24.8 Å². The van der Waals surface area contributed by atoms with Crippen LogP contribution in [0.1, 0.15) is 30.0 Å². The Labute approximate surface area is 158 Å². The minimum absolute atomic E-state index is 0.111. The minimum atomic E-state index is -1.26. The van der Waals surface area contributed by atoms with E-state index in [1.165, 1.54) is 5.56 Å². The van der Waals surface area contributed by atoms with Crippen molar-refractivity contribution in [3.8, 4) is 11.5 Å². The number of nitrogens with two attached hydrogens (primary N) is 1. The number of hydrogen-bond acceptors (Lipinski definition) is 5. The van der Waals surface area contributed by atoms with Gasteiger partial charge in [-0.05, 0) is 42.5 Å². The summed E-state index contributed by atoms with van der Waals surface area (Å²) in [6.45, 7) is -0.275. The molecule has 2 unspecified atom stereocenters. The highest BCUT2D eigenvalue weighted by Gasteiger charge is 2.27. The molecule has 0 fully saturated rings. The van der Waals surface area contributed by atoms with Crippen LogP contribution in [0.25, 0.3) is 0 Å². The number of methoxy groups -OCH3 is 1. The molecule has 1 aliphatic rings. The van der Waals surface area contributed by atoms with Crippen LogP contribution in [0.3, 0.4) is 0 Å². The van der Waals surface area contributed by atoms with Gasteiger partial charge in [0.15, 0.2) is 5.78 Å². The molecule has 0 bridgehead atoms. The number of Topliss-reactive ketones (excluding diaryl/α,β-unsaturated/α-hetero) is 1. The first-order valence-electron chi connectivity index (χ1n) is 9.02. The number of ketones is 1. The van der Waals surface area contributed by atoms with Crippen molar-refractivity contribution in [3.63, 3.8) is 0 Å². The van der Waals surface area contributed by atoms with Gasteiger partial charge in [-0.25, -0.2) is 0 Å². The van der Waals surface area contributed by atoms with Gasteiger partial charge < -0.3 is 20.5 Å². The summed E-state index contributed by atoms with van der Waals surface area (Å²) >= 11 is 0. The van der Waals surface area contributed by atoms with Gasteiger partial charge in [0.05, 0.1) is 13.2 Å². The Hall–Kier alpha value is -2.86. The number of carbonyl (C=O) groups is 2. The fourth-order valence-electron chi connectivity index (χ4n) is 3.25. The second kappa shape index (κ2) is 8.68. The van der Waals surface area contributed by atoms with Crippen LogP contribution in [0, 0.1) is 0 Å². The van der Waals surface area contributed by atoms with E-state index in [1.807, 2.05) is 18.2 Å². The summed E-state index contributed by atoms with van der Waals surface area (Å²) in [7, 11) is 1.55. The van der Waals surface area contributed by atoms with Crippen LogP contribution >= 0.6 is 0 Å². The third kappa shape index (κ3) is 4.65. The van der Waals surface area contributed by atoms with Gasteiger partial charge >= 0.3 is 0 Å². The van der Waals surface area contributed by atoms with Crippen LogP contribution in [-0.4, -0.2) is 31.4 Å². The normalized spacial score (nSPS) is 16.7. The maximum atomic E-state index is 12.4. The lowest BCUT2D eigenvalue weighted by Gasteiger charge is -2.27. The monoisotopic (exact) mass is 368 g/mol. The number of benzene rings is 2. The van der Waals surface area contributed by atoms with E-state index >= 15 is 0 Å². The van der Waals surface area contributed by atoms with Crippen molar-refractivity contribution >= 4 is 11.7 Å². The quantitative estimate of drug-likeness (QED) is 0.731. The average Bonchev–Trinajstić information content (AvgIpc) is 2.71. The van der Waals surface area contributed by atoms with Crippen molar-refractivity contribution in [2.45, 2.75) is 31.3 Å². The molecule has 2 aromatic rings. The smallest absolute Gasteiger partial charge is 0.245 e. The zero-order chi connectivity index (χ0) is 19.2. The lowest BCUT2D eigenvalue weighted by atomic mass is 9.87. The van der Waals surface area contributed by atoms with Crippen LogP contribution in [-0.2, 0) is 16.0 Å². The number of amides is 1. The van der Waals surface area contributed by atoms with E-state index in [0.29, 0.717) is 11.5 Å². The van der Waals surface area contributed by atoms with Gasteiger partial charge in [-0.1, -0.05) is 30.3 Å². The summed E-state index contributed by atoms with van der Waals surface area (Å²) in [6, 6.07) is 13.6. The fourth-order valence-corrected chi connectivity index (χ4v) is 3.25. The van der Waals surface area contributed by atoms with E-state index in [9.17, 15) is 9.59 Å². The van der Waals surface area contributed by atoms with Crippen molar-refractivity contribution in [1.29, 1.82) is 0 Å². The van der Waals surface area contributed by atoms with Crippen LogP contribution in [0.2, 0.25) is 0 Å². The van der Waals surface area contributed by atoms with Gasteiger partial charge in [0, 0.05) is 6.07 Å². The van der Waals surface area contributed by atoms with Gasteiger partial charge in [-0.3, -0.25) is 9.59 Å². The number of rotatable bonds is 7. The number of ether oxygens (including phenoxy) is 2. The molecule has 0 saturated heterocycles. The van der Waals surface area contributed by atoms with Gasteiger partial charge in [-0.2, -0.15) is 0 Å². The van der Waals surface area contributed by atoms with E-state index in [-0.39, 0.29) is 12.6 Å². The molecule has 0 saturated carbocycles. The molecular weight excluding hydrogens is 344 g/mol. The molecule has 2 atom stereocenters. The van der Waals surface area contributed by atoms with Gasteiger partial charge in [0.25, 0.3) is 0 Å². The summed E-state index contributed by atoms with van der Waals surface area (Å²) in [5.41, 5.74) is 8.18. The molecular formula is C21H24N2O4. The maximum absolute atomic E-state index is 12.4. The Kier molecular flexibility index (Phi) is 6.08. The summed E-state index contributed by atoms with van der Waals surface area (Å²) in [5.74, 6) is 0.157. The molecule has 3 rings (SSSR count). The van der Waals surface area contributed by atoms with Crippen LogP contribution in [0.4, 0.5) is 0 Å². The number of nitrogens with one attached hydrogen (secondary N) is 1. The molecule has 0 spiro atoms. The Balaban J connectivity index is 1.56. The van der Waals surface area contributed by atoms with E-state index < -0.39 is 17.7 Å². The van der Waals surface area contributed by atoms with Crippen molar-refractivity contribution in [1.82, 2.24) is 5.32 Å². The first kappa shape index (κ1) is 18.9. The van der Waals surface area contributed by atoms with E-state index in [4.69, 9.17) is 15.2 Å². The van der Waals surface area contributed by atoms with Gasteiger partial charge in [-0.15, -0.1) is 0 Å². The molecule has 1 aliphatic carbocycles. The lowest BCUT2D eigenvalue weighted by Crippen LogP contribution is -2.49. The maximum Gasteiger partial charge on any atom is 0.245 e. The number of fused-ring (bicyclic) bond motifs is 1. The highest BCUT2D eigenvalue weighted by molar-refractivity contribution is 6.05. The highest BCUT2D eigenvalue weighted by atomic mass is 16.5. The van der Waals surface area contributed by atoms with Crippen molar-refractivity contribution in [2.75, 3.05) is 13.7 Å². The lowest BCUT2D eigenvalue weighted by molar-refractivity contribution is -0.131. The van der Waals surface area contributed by atoms with E-state index in [1.54, 1.807) is 31.4 Å². The Morgan fingerprint density at radius 2 is 1.96 bits per heavy atom. The van der Waals surface area contributed by atoms with Gasteiger partial charge in [0.1, 0.15) is 24.1 Å². The predicted molar refractivity (Wildman–Crippen MR) is 102 cm³/mol. The van der Waals surface area contributed by atoms with Crippen molar-refractivity contribution < 1.29 is 19.1 Å². The second-order valence-electron chi connectivity index (χ2n) is 6.56. The molecule has 0 aromatic heterocycles. The first-order valence-corrected chi connectivity index (χ1v) is 9.02. The predicted octanol–water partition coefficient (Wildman–Crippen LogP) is 2.16. The third-order valence-corrected chi connectivity index (χ3v) is 4.74. The minimum Gasteiger partial charge on any atom is -0.497 e. The number of aryl methyl sites for hydroxylation is 1. The van der Waals surface area contributed by atoms with Crippen LogP contribution in [0.15, 0.2) is 48.5 Å². The molecule has 0 heterocycles. The van der Waals surface area contributed by atoms with E-state index in [2.05, 4.69) is 11.4 Å². The molecule has 6 nitrogen and oxygen atoms in total. The fraction of sp³-hybridized carbons (Fsp3) is 0.333. The zero-order valence-electron chi connectivity index (χ0n) is 15.3. The molecule has 6 heteroatoms. The highest BCUT2D eigenvalue weighted by Crippen LogP contribution is 2.29. The van der Waals surface area contributed by atoms with Crippen LogP contribution in [0.5, 0.6) is 11.5 Å². The standard InChI is InChI=1S/C21H24N2O4/c1-26-15-8-5-9-16(12-15)27-13-19(24)20(22)21(25)23-18-11-4-7-14-6-2-3-10-17(14)18/h2-3,5-6,8-10,12,18,20H,4,7,11,13,22H2,1H3,(H,23,25). The molecule has 0 radical (unpaired) electrons. The third-order valence-electron chi connectivity index (χ3n) is 4.74. The summed E-state index contributed by atoms with van der Waals surface area (Å²) in [4.78, 5) is 24.7. The van der Waals surface area contributed by atoms with Crippen molar-refractivity contribution in [2.24, 2.45) is 5.73 Å². The topological polar surface area (TPSA) is 90.7 Å². The Morgan fingerprint density at radius 3 is 2.78 bits per heavy atom. The largest absolute Gasteiger partial charge is 0.497 e. The Morgan fingerprint density at radius 1 is 1.19 bits per heavy atom. The van der Waals surface area contributed by atoms with Crippen molar-refractivity contribution in [3.05, 3.63) is 59.7 Å². The molecule has 0 aliphatic heterocycles. The zero-order valence-corrected chi connectivity index (χ0v) is 15.3. The summed E-state index contributed by atoms with van der Waals surface area (Å²) in [6.07, 6.45) is 2.83. The SMILES string of the molecule is COc1cccc(OCC(=O)C(N)C(=O)NC2CCCc3ccccc32)c1. The Bertz CT molecular complexity index is 821. The number of carbonyl (C=O) groups excluding carboxylic acids is 2. The first-order chi connectivity index (χ1) is 13.1. The molecule has 1 amide bonds. The average molecular weight is 368 g/mol. The molecule has 2 aromatic carbocycles.